The van der Waals surface area contributed by atoms with Crippen LogP contribution in [0.15, 0.2) is 23.0 Å². The molecule has 3 nitrogen and oxygen atoms in total. The first kappa shape index (κ1) is 11.0. The van der Waals surface area contributed by atoms with Crippen molar-refractivity contribution < 1.29 is 9.21 Å². The molecule has 1 aromatic rings. The van der Waals surface area contributed by atoms with E-state index in [-0.39, 0.29) is 11.7 Å². The van der Waals surface area contributed by atoms with Gasteiger partial charge in [-0.25, -0.2) is 0 Å². The molecule has 0 saturated carbocycles. The summed E-state index contributed by atoms with van der Waals surface area (Å²) in [4.78, 5) is 11.8. The van der Waals surface area contributed by atoms with Gasteiger partial charge in [-0.05, 0) is 17.5 Å². The Morgan fingerprint density at radius 2 is 2.29 bits per heavy atom. The minimum atomic E-state index is -0.0371. The van der Waals surface area contributed by atoms with E-state index in [4.69, 9.17) is 10.2 Å². The molecule has 1 rings (SSSR count). The van der Waals surface area contributed by atoms with Crippen LogP contribution >= 0.6 is 0 Å². The van der Waals surface area contributed by atoms with Crippen molar-refractivity contribution in [3.63, 3.8) is 0 Å². The highest BCUT2D eigenvalue weighted by Gasteiger charge is 2.20. The summed E-state index contributed by atoms with van der Waals surface area (Å²) in [6.07, 6.45) is 3.61. The summed E-state index contributed by atoms with van der Waals surface area (Å²) < 4.78 is 4.91. The van der Waals surface area contributed by atoms with Crippen molar-refractivity contribution >= 4 is 5.78 Å². The first-order valence-electron chi connectivity index (χ1n) is 4.89. The molecule has 1 aromatic heterocycles. The maximum absolute atomic E-state index is 11.8. The molecule has 1 unspecified atom stereocenters. The molecular formula is C11H17NO2. The summed E-state index contributed by atoms with van der Waals surface area (Å²) in [5.74, 6) is 0.466. The van der Waals surface area contributed by atoms with Gasteiger partial charge in [0.15, 0.2) is 0 Å². The molecule has 0 radical (unpaired) electrons. The van der Waals surface area contributed by atoms with E-state index < -0.39 is 0 Å². The third-order valence-electron chi connectivity index (χ3n) is 2.43. The van der Waals surface area contributed by atoms with Crippen LogP contribution in [0.4, 0.5) is 0 Å². The van der Waals surface area contributed by atoms with Gasteiger partial charge in [0.25, 0.3) is 0 Å². The molecule has 0 fully saturated rings. The average molecular weight is 195 g/mol. The highest BCUT2D eigenvalue weighted by atomic mass is 16.3. The second-order valence-corrected chi connectivity index (χ2v) is 3.86. The van der Waals surface area contributed by atoms with E-state index in [0.29, 0.717) is 18.9 Å². The van der Waals surface area contributed by atoms with Crippen LogP contribution in [0.2, 0.25) is 0 Å². The van der Waals surface area contributed by atoms with E-state index in [0.717, 1.165) is 5.56 Å². The number of hydrogen-bond donors (Lipinski definition) is 1. The Labute approximate surface area is 84.3 Å². The predicted octanol–water partition coefficient (Wildman–Crippen LogP) is 1.62. The van der Waals surface area contributed by atoms with Crippen molar-refractivity contribution in [2.45, 2.75) is 20.3 Å². The van der Waals surface area contributed by atoms with Crippen molar-refractivity contribution in [2.24, 2.45) is 17.6 Å². The van der Waals surface area contributed by atoms with E-state index in [1.165, 1.54) is 0 Å². The molecule has 1 heterocycles. The Morgan fingerprint density at radius 1 is 1.57 bits per heavy atom. The van der Waals surface area contributed by atoms with E-state index >= 15 is 0 Å². The largest absolute Gasteiger partial charge is 0.472 e. The lowest BCUT2D eigenvalue weighted by molar-refractivity contribution is -0.123. The summed E-state index contributed by atoms with van der Waals surface area (Å²) in [5.41, 5.74) is 6.48. The number of carbonyl (C=O) groups excluding carboxylic acids is 1. The van der Waals surface area contributed by atoms with Gasteiger partial charge in [-0.15, -0.1) is 0 Å². The van der Waals surface area contributed by atoms with Gasteiger partial charge in [-0.3, -0.25) is 4.79 Å². The molecule has 0 amide bonds. The van der Waals surface area contributed by atoms with Gasteiger partial charge in [0, 0.05) is 18.9 Å². The molecule has 0 aliphatic heterocycles. The first-order valence-corrected chi connectivity index (χ1v) is 4.89. The zero-order valence-electron chi connectivity index (χ0n) is 8.69. The molecule has 2 N–H and O–H groups in total. The van der Waals surface area contributed by atoms with E-state index in [1.807, 2.05) is 19.9 Å². The average Bonchev–Trinajstić information content (AvgIpc) is 2.57. The van der Waals surface area contributed by atoms with E-state index in [2.05, 4.69) is 0 Å². The van der Waals surface area contributed by atoms with Crippen molar-refractivity contribution in [1.29, 1.82) is 0 Å². The fraction of sp³-hybridized carbons (Fsp3) is 0.545. The Morgan fingerprint density at radius 3 is 2.71 bits per heavy atom. The number of hydrogen-bond acceptors (Lipinski definition) is 3. The van der Waals surface area contributed by atoms with Crippen molar-refractivity contribution in [3.05, 3.63) is 24.2 Å². The van der Waals surface area contributed by atoms with Gasteiger partial charge in [0.2, 0.25) is 0 Å². The third-order valence-corrected chi connectivity index (χ3v) is 2.43. The molecule has 78 valence electrons. The number of carbonyl (C=O) groups is 1. The van der Waals surface area contributed by atoms with Crippen LogP contribution in [0.25, 0.3) is 0 Å². The SMILES string of the molecule is CC(C)C(CN)C(=O)Cc1ccoc1. The van der Waals surface area contributed by atoms with Gasteiger partial charge < -0.3 is 10.2 Å². The molecule has 0 saturated heterocycles. The minimum Gasteiger partial charge on any atom is -0.472 e. The summed E-state index contributed by atoms with van der Waals surface area (Å²) in [6.45, 7) is 4.46. The van der Waals surface area contributed by atoms with Gasteiger partial charge in [0.1, 0.15) is 5.78 Å². The topological polar surface area (TPSA) is 56.2 Å². The molecule has 0 bridgehead atoms. The zero-order chi connectivity index (χ0) is 10.6. The lowest BCUT2D eigenvalue weighted by Crippen LogP contribution is -2.29. The fourth-order valence-electron chi connectivity index (χ4n) is 1.50. The normalized spacial score (nSPS) is 13.1. The fourth-order valence-corrected chi connectivity index (χ4v) is 1.50. The lowest BCUT2D eigenvalue weighted by Gasteiger charge is -2.16. The van der Waals surface area contributed by atoms with Crippen molar-refractivity contribution in [3.8, 4) is 0 Å². The van der Waals surface area contributed by atoms with Crippen LogP contribution in [0.5, 0.6) is 0 Å². The number of rotatable bonds is 5. The summed E-state index contributed by atoms with van der Waals surface area (Å²) in [7, 11) is 0. The third kappa shape index (κ3) is 2.70. The zero-order valence-corrected chi connectivity index (χ0v) is 8.69. The predicted molar refractivity (Wildman–Crippen MR) is 54.8 cm³/mol. The van der Waals surface area contributed by atoms with Crippen LogP contribution < -0.4 is 5.73 Å². The van der Waals surface area contributed by atoms with E-state index in [9.17, 15) is 4.79 Å². The van der Waals surface area contributed by atoms with Crippen LogP contribution in [-0.4, -0.2) is 12.3 Å². The Kier molecular flexibility index (Phi) is 3.89. The highest BCUT2D eigenvalue weighted by Crippen LogP contribution is 2.13. The standard InChI is InChI=1S/C11H17NO2/c1-8(2)10(6-12)11(13)5-9-3-4-14-7-9/h3-4,7-8,10H,5-6,12H2,1-2H3. The quantitative estimate of drug-likeness (QED) is 0.776. The van der Waals surface area contributed by atoms with Crippen molar-refractivity contribution in [1.82, 2.24) is 0 Å². The Balaban J connectivity index is 2.56. The summed E-state index contributed by atoms with van der Waals surface area (Å²) in [6, 6.07) is 1.81. The van der Waals surface area contributed by atoms with Crippen LogP contribution in [0, 0.1) is 11.8 Å². The summed E-state index contributed by atoms with van der Waals surface area (Å²) in [5, 5.41) is 0. The van der Waals surface area contributed by atoms with Gasteiger partial charge >= 0.3 is 0 Å². The minimum absolute atomic E-state index is 0.0371. The van der Waals surface area contributed by atoms with Gasteiger partial charge in [-0.2, -0.15) is 0 Å². The number of Topliss-reactive ketones (excluding diaryl/α,β-unsaturated/α-hetero) is 1. The molecule has 14 heavy (non-hydrogen) atoms. The van der Waals surface area contributed by atoms with Crippen LogP contribution in [0.1, 0.15) is 19.4 Å². The van der Waals surface area contributed by atoms with Crippen LogP contribution in [-0.2, 0) is 11.2 Å². The molecule has 1 atom stereocenters. The maximum Gasteiger partial charge on any atom is 0.141 e. The number of nitrogens with two attached hydrogens (primary N) is 1. The molecule has 3 heteroatoms. The summed E-state index contributed by atoms with van der Waals surface area (Å²) >= 11 is 0. The smallest absolute Gasteiger partial charge is 0.141 e. The van der Waals surface area contributed by atoms with Crippen molar-refractivity contribution in [2.75, 3.05) is 6.54 Å². The monoisotopic (exact) mass is 195 g/mol. The number of furan rings is 1. The molecule has 0 aliphatic carbocycles. The van der Waals surface area contributed by atoms with E-state index in [1.54, 1.807) is 12.5 Å². The first-order chi connectivity index (χ1) is 6.65. The maximum atomic E-state index is 11.8. The molecular weight excluding hydrogens is 178 g/mol. The highest BCUT2D eigenvalue weighted by molar-refractivity contribution is 5.83. The van der Waals surface area contributed by atoms with Gasteiger partial charge in [-0.1, -0.05) is 13.8 Å². The molecule has 0 aliphatic rings. The second-order valence-electron chi connectivity index (χ2n) is 3.86. The molecule has 0 aromatic carbocycles. The second kappa shape index (κ2) is 4.96. The Bertz CT molecular complexity index is 277. The van der Waals surface area contributed by atoms with Crippen LogP contribution in [0.3, 0.4) is 0 Å². The van der Waals surface area contributed by atoms with Gasteiger partial charge in [0.05, 0.1) is 12.5 Å². The number of ketones is 1. The Hall–Kier alpha value is -1.09. The molecule has 0 spiro atoms. The lowest BCUT2D eigenvalue weighted by atomic mass is 9.89.